The van der Waals surface area contributed by atoms with E-state index in [2.05, 4.69) is 182 Å². The third-order valence-electron chi connectivity index (χ3n) is 10.5. The lowest BCUT2D eigenvalue weighted by Crippen LogP contribution is -2.28. The van der Waals surface area contributed by atoms with Crippen LogP contribution in [0.25, 0.3) is 65.3 Å². The SMILES string of the molecule is c1ccc(C2(c3ccccc3)c3ccccc3-c3c2cc(-c2ccc4c5ccccc5c5ccccc5c4c2)c2ccccc32)cc1. The maximum absolute atomic E-state index is 2.52. The smallest absolute Gasteiger partial charge is 0.0622 e. The Hall–Kier alpha value is -5.98. The molecule has 0 fully saturated rings. The highest BCUT2D eigenvalue weighted by Crippen LogP contribution is 2.59. The molecule has 218 valence electrons. The summed E-state index contributed by atoms with van der Waals surface area (Å²) < 4.78 is 0. The predicted molar refractivity (Wildman–Crippen MR) is 199 cm³/mol. The predicted octanol–water partition coefficient (Wildman–Crippen LogP) is 12.3. The van der Waals surface area contributed by atoms with Crippen LogP contribution in [0.5, 0.6) is 0 Å². The maximum Gasteiger partial charge on any atom is 0.0714 e. The Labute approximate surface area is 274 Å². The molecule has 0 radical (unpaired) electrons. The summed E-state index contributed by atoms with van der Waals surface area (Å²) in [5.41, 5.74) is 9.96. The Morgan fingerprint density at radius 1 is 0.277 bits per heavy atom. The number of rotatable bonds is 3. The van der Waals surface area contributed by atoms with Gasteiger partial charge in [-0.2, -0.15) is 0 Å². The molecule has 0 N–H and O–H groups in total. The molecule has 0 nitrogen and oxygen atoms in total. The normalized spacial score (nSPS) is 13.3. The van der Waals surface area contributed by atoms with Gasteiger partial charge in [0, 0.05) is 0 Å². The Morgan fingerprint density at radius 3 is 1.36 bits per heavy atom. The highest BCUT2D eigenvalue weighted by atomic mass is 14.5. The van der Waals surface area contributed by atoms with E-state index < -0.39 is 5.41 Å². The van der Waals surface area contributed by atoms with Crippen molar-refractivity contribution in [3.63, 3.8) is 0 Å². The number of hydrogen-bond acceptors (Lipinski definition) is 0. The van der Waals surface area contributed by atoms with Gasteiger partial charge in [-0.3, -0.25) is 0 Å². The fourth-order valence-corrected chi connectivity index (χ4v) is 8.61. The quantitative estimate of drug-likeness (QED) is 0.179. The molecule has 0 saturated heterocycles. The molecule has 1 aliphatic carbocycles. The largest absolute Gasteiger partial charge is 0.0714 e. The first-order valence-corrected chi connectivity index (χ1v) is 16.4. The van der Waals surface area contributed by atoms with Gasteiger partial charge in [0.1, 0.15) is 0 Å². The minimum absolute atomic E-state index is 0.451. The first-order valence-electron chi connectivity index (χ1n) is 16.4. The zero-order chi connectivity index (χ0) is 31.0. The van der Waals surface area contributed by atoms with E-state index in [-0.39, 0.29) is 0 Å². The molecule has 47 heavy (non-hydrogen) atoms. The van der Waals surface area contributed by atoms with Gasteiger partial charge < -0.3 is 0 Å². The summed E-state index contributed by atoms with van der Waals surface area (Å²) in [6, 6.07) is 67.6. The van der Waals surface area contributed by atoms with Gasteiger partial charge in [0.15, 0.2) is 0 Å². The molecular weight excluding hydrogens is 565 g/mol. The summed E-state index contributed by atoms with van der Waals surface area (Å²) in [5, 5.41) is 10.4. The van der Waals surface area contributed by atoms with E-state index in [9.17, 15) is 0 Å². The monoisotopic (exact) mass is 594 g/mol. The molecule has 0 atom stereocenters. The Balaban J connectivity index is 1.35. The van der Waals surface area contributed by atoms with Crippen molar-refractivity contribution in [1.29, 1.82) is 0 Å². The first-order chi connectivity index (χ1) is 23.3. The van der Waals surface area contributed by atoms with Gasteiger partial charge in [-0.25, -0.2) is 0 Å². The zero-order valence-electron chi connectivity index (χ0n) is 25.8. The van der Waals surface area contributed by atoms with Crippen LogP contribution in [0, 0.1) is 0 Å². The maximum atomic E-state index is 2.52. The summed E-state index contributed by atoms with van der Waals surface area (Å²) >= 11 is 0. The van der Waals surface area contributed by atoms with Crippen LogP contribution in [-0.4, -0.2) is 0 Å². The van der Waals surface area contributed by atoms with Crippen LogP contribution < -0.4 is 0 Å². The fraction of sp³-hybridized carbons (Fsp3) is 0.0213. The van der Waals surface area contributed by atoms with Gasteiger partial charge in [0.05, 0.1) is 5.41 Å². The van der Waals surface area contributed by atoms with Gasteiger partial charge in [0.2, 0.25) is 0 Å². The summed E-state index contributed by atoms with van der Waals surface area (Å²) in [6.07, 6.45) is 0. The molecule has 0 saturated carbocycles. The van der Waals surface area contributed by atoms with E-state index in [1.165, 1.54) is 87.6 Å². The van der Waals surface area contributed by atoms with Crippen molar-refractivity contribution in [2.24, 2.45) is 0 Å². The molecule has 9 aromatic rings. The molecule has 0 heteroatoms. The number of hydrogen-bond donors (Lipinski definition) is 0. The van der Waals surface area contributed by atoms with E-state index in [0.29, 0.717) is 0 Å². The third-order valence-corrected chi connectivity index (χ3v) is 10.5. The molecule has 0 bridgehead atoms. The molecule has 9 aromatic carbocycles. The Morgan fingerprint density at radius 2 is 0.745 bits per heavy atom. The molecular formula is C47H30. The Bertz CT molecular complexity index is 2590. The number of benzene rings is 9. The minimum atomic E-state index is -0.451. The van der Waals surface area contributed by atoms with Crippen molar-refractivity contribution >= 4 is 43.1 Å². The van der Waals surface area contributed by atoms with Crippen molar-refractivity contribution < 1.29 is 0 Å². The molecule has 0 aromatic heterocycles. The molecule has 1 aliphatic rings. The summed E-state index contributed by atoms with van der Waals surface area (Å²) in [5.74, 6) is 0. The van der Waals surface area contributed by atoms with E-state index in [0.717, 1.165) is 0 Å². The zero-order valence-corrected chi connectivity index (χ0v) is 25.8. The fourth-order valence-electron chi connectivity index (χ4n) is 8.61. The van der Waals surface area contributed by atoms with E-state index in [1.807, 2.05) is 0 Å². The van der Waals surface area contributed by atoms with Crippen molar-refractivity contribution in [3.8, 4) is 22.3 Å². The molecule has 0 amide bonds. The van der Waals surface area contributed by atoms with Gasteiger partial charge in [-0.1, -0.05) is 170 Å². The van der Waals surface area contributed by atoms with Crippen molar-refractivity contribution in [2.75, 3.05) is 0 Å². The van der Waals surface area contributed by atoms with Crippen molar-refractivity contribution in [2.45, 2.75) is 5.41 Å². The molecule has 0 aliphatic heterocycles. The topological polar surface area (TPSA) is 0 Å². The van der Waals surface area contributed by atoms with Gasteiger partial charge >= 0.3 is 0 Å². The highest BCUT2D eigenvalue weighted by Gasteiger charge is 2.46. The van der Waals surface area contributed by atoms with Crippen LogP contribution in [0.15, 0.2) is 182 Å². The van der Waals surface area contributed by atoms with E-state index in [1.54, 1.807) is 0 Å². The average molecular weight is 595 g/mol. The molecule has 10 rings (SSSR count). The first kappa shape index (κ1) is 26.3. The second-order valence-electron chi connectivity index (χ2n) is 12.8. The van der Waals surface area contributed by atoms with Crippen LogP contribution in [-0.2, 0) is 5.41 Å². The van der Waals surface area contributed by atoms with Crippen molar-refractivity contribution in [3.05, 3.63) is 204 Å². The Kier molecular flexibility index (Phi) is 5.59. The van der Waals surface area contributed by atoms with Crippen LogP contribution in [0.4, 0.5) is 0 Å². The lowest BCUT2D eigenvalue weighted by molar-refractivity contribution is 0.769. The average Bonchev–Trinajstić information content (AvgIpc) is 3.46. The molecule has 0 heterocycles. The summed E-state index contributed by atoms with van der Waals surface area (Å²) in [4.78, 5) is 0. The second kappa shape index (κ2) is 10.0. The highest BCUT2D eigenvalue weighted by molar-refractivity contribution is 6.26. The van der Waals surface area contributed by atoms with E-state index in [4.69, 9.17) is 0 Å². The second-order valence-corrected chi connectivity index (χ2v) is 12.8. The summed E-state index contributed by atoms with van der Waals surface area (Å²) in [6.45, 7) is 0. The van der Waals surface area contributed by atoms with Crippen molar-refractivity contribution in [1.82, 2.24) is 0 Å². The van der Waals surface area contributed by atoms with Crippen LogP contribution in [0.1, 0.15) is 22.3 Å². The van der Waals surface area contributed by atoms with E-state index >= 15 is 0 Å². The van der Waals surface area contributed by atoms with Crippen LogP contribution in [0.2, 0.25) is 0 Å². The number of fused-ring (bicyclic) bond motifs is 11. The lowest BCUT2D eigenvalue weighted by atomic mass is 9.67. The van der Waals surface area contributed by atoms with Gasteiger partial charge in [-0.05, 0) is 99.7 Å². The van der Waals surface area contributed by atoms with Crippen LogP contribution in [0.3, 0.4) is 0 Å². The lowest BCUT2D eigenvalue weighted by Gasteiger charge is -2.34. The molecule has 0 unspecified atom stereocenters. The van der Waals surface area contributed by atoms with Gasteiger partial charge in [0.25, 0.3) is 0 Å². The minimum Gasteiger partial charge on any atom is -0.0622 e. The molecule has 0 spiro atoms. The van der Waals surface area contributed by atoms with Gasteiger partial charge in [-0.15, -0.1) is 0 Å². The standard InChI is InChI=1S/C47H30/c1-3-15-32(16-4-1)47(33-17-5-2-6-18-33)44-26-14-13-25-41(44)46-40-24-12-11-23-38(40)42(30-45(46)47)31-27-28-39-36-21-8-7-19-34(36)35-20-9-10-22-37(35)43(39)29-31/h1-30H. The van der Waals surface area contributed by atoms with Crippen LogP contribution >= 0.6 is 0 Å². The summed E-state index contributed by atoms with van der Waals surface area (Å²) in [7, 11) is 0. The third kappa shape index (κ3) is 3.59.